The van der Waals surface area contributed by atoms with Crippen LogP contribution in [0.25, 0.3) is 11.0 Å². The Morgan fingerprint density at radius 1 is 1.35 bits per heavy atom. The maximum atomic E-state index is 5.90. The van der Waals surface area contributed by atoms with Crippen LogP contribution in [0.3, 0.4) is 0 Å². The van der Waals surface area contributed by atoms with Crippen molar-refractivity contribution < 1.29 is 4.74 Å². The van der Waals surface area contributed by atoms with Gasteiger partial charge in [0.2, 0.25) is 0 Å². The molecule has 3 aromatic rings. The van der Waals surface area contributed by atoms with Gasteiger partial charge < -0.3 is 10.5 Å². The minimum atomic E-state index is 0.252. The first-order valence-electron chi connectivity index (χ1n) is 5.96. The van der Waals surface area contributed by atoms with E-state index < -0.39 is 0 Å². The van der Waals surface area contributed by atoms with Crippen LogP contribution < -0.4 is 10.5 Å². The van der Waals surface area contributed by atoms with E-state index in [4.69, 9.17) is 10.5 Å². The highest BCUT2D eigenvalue weighted by molar-refractivity contribution is 9.10. The number of aromatic nitrogens is 4. The molecule has 0 aliphatic rings. The van der Waals surface area contributed by atoms with Crippen molar-refractivity contribution in [1.82, 2.24) is 19.7 Å². The molecule has 0 spiro atoms. The summed E-state index contributed by atoms with van der Waals surface area (Å²) in [5.74, 6) is 1.68. The molecule has 20 heavy (non-hydrogen) atoms. The van der Waals surface area contributed by atoms with Crippen molar-refractivity contribution in [2.45, 2.75) is 6.61 Å². The summed E-state index contributed by atoms with van der Waals surface area (Å²) < 4.78 is 8.27. The predicted molar refractivity (Wildman–Crippen MR) is 79.2 cm³/mol. The number of benzene rings is 1. The number of ether oxygens (including phenoxy) is 1. The third-order valence-electron chi connectivity index (χ3n) is 2.83. The maximum absolute atomic E-state index is 5.90. The van der Waals surface area contributed by atoms with Gasteiger partial charge >= 0.3 is 0 Å². The molecule has 2 N–H and O–H groups in total. The van der Waals surface area contributed by atoms with Crippen LogP contribution in [0.15, 0.2) is 34.9 Å². The summed E-state index contributed by atoms with van der Waals surface area (Å²) in [6.07, 6.45) is 1.66. The van der Waals surface area contributed by atoms with Crippen molar-refractivity contribution in [3.8, 4) is 5.75 Å². The molecule has 6 nitrogen and oxygen atoms in total. The van der Waals surface area contributed by atoms with E-state index in [-0.39, 0.29) is 6.61 Å². The van der Waals surface area contributed by atoms with Gasteiger partial charge in [-0.05, 0) is 18.2 Å². The zero-order valence-corrected chi connectivity index (χ0v) is 12.3. The fraction of sp³-hybridized carbons (Fsp3) is 0.154. The monoisotopic (exact) mass is 333 g/mol. The van der Waals surface area contributed by atoms with Gasteiger partial charge in [0, 0.05) is 11.5 Å². The number of nitrogen functional groups attached to an aromatic ring is 1. The van der Waals surface area contributed by atoms with E-state index in [1.54, 1.807) is 10.9 Å². The van der Waals surface area contributed by atoms with E-state index in [0.29, 0.717) is 17.3 Å². The molecule has 0 aliphatic heterocycles. The van der Waals surface area contributed by atoms with Gasteiger partial charge in [0.25, 0.3) is 0 Å². The van der Waals surface area contributed by atoms with E-state index in [9.17, 15) is 0 Å². The minimum absolute atomic E-state index is 0.252. The molecule has 0 aliphatic carbocycles. The summed E-state index contributed by atoms with van der Waals surface area (Å²) in [4.78, 5) is 8.63. The first-order chi connectivity index (χ1) is 9.63. The fourth-order valence-corrected chi connectivity index (χ4v) is 2.24. The number of rotatable bonds is 3. The third-order valence-corrected chi connectivity index (χ3v) is 3.33. The van der Waals surface area contributed by atoms with Gasteiger partial charge in [-0.3, -0.25) is 4.68 Å². The third kappa shape index (κ3) is 2.44. The Balaban J connectivity index is 1.86. The second kappa shape index (κ2) is 5.09. The number of aryl methyl sites for hydroxylation is 1. The van der Waals surface area contributed by atoms with Crippen molar-refractivity contribution in [1.29, 1.82) is 0 Å². The molecule has 2 aromatic heterocycles. The summed E-state index contributed by atoms with van der Waals surface area (Å²) in [5.41, 5.74) is 6.60. The summed E-state index contributed by atoms with van der Waals surface area (Å²) >= 11 is 3.39. The Morgan fingerprint density at radius 3 is 3.00 bits per heavy atom. The van der Waals surface area contributed by atoms with Crippen LogP contribution in [-0.4, -0.2) is 19.7 Å². The van der Waals surface area contributed by atoms with Crippen LogP contribution >= 0.6 is 15.9 Å². The van der Waals surface area contributed by atoms with Gasteiger partial charge in [0.15, 0.2) is 11.5 Å². The smallest absolute Gasteiger partial charge is 0.170 e. The molecule has 7 heteroatoms. The summed E-state index contributed by atoms with van der Waals surface area (Å²) in [5, 5.41) is 4.86. The molecule has 2 heterocycles. The minimum Gasteiger partial charge on any atom is -0.486 e. The zero-order chi connectivity index (χ0) is 14.1. The molecular weight excluding hydrogens is 322 g/mol. The Hall–Kier alpha value is -2.15. The van der Waals surface area contributed by atoms with Crippen LogP contribution in [-0.2, 0) is 13.7 Å². The largest absolute Gasteiger partial charge is 0.486 e. The van der Waals surface area contributed by atoms with Gasteiger partial charge in [0.05, 0.1) is 11.6 Å². The number of hydrogen-bond acceptors (Lipinski definition) is 5. The van der Waals surface area contributed by atoms with Gasteiger partial charge in [-0.15, -0.1) is 0 Å². The number of anilines is 1. The van der Waals surface area contributed by atoms with Crippen molar-refractivity contribution in [3.05, 3.63) is 40.8 Å². The van der Waals surface area contributed by atoms with Crippen molar-refractivity contribution >= 4 is 32.8 Å². The highest BCUT2D eigenvalue weighted by atomic mass is 79.9. The van der Waals surface area contributed by atoms with Crippen LogP contribution in [0, 0.1) is 0 Å². The zero-order valence-electron chi connectivity index (χ0n) is 10.7. The average Bonchev–Trinajstić information content (AvgIpc) is 2.79. The topological polar surface area (TPSA) is 78.9 Å². The lowest BCUT2D eigenvalue weighted by atomic mass is 10.3. The Morgan fingerprint density at radius 2 is 2.20 bits per heavy atom. The lowest BCUT2D eigenvalue weighted by Crippen LogP contribution is -2.06. The van der Waals surface area contributed by atoms with Crippen molar-refractivity contribution in [2.24, 2.45) is 7.05 Å². The van der Waals surface area contributed by atoms with Gasteiger partial charge in [0.1, 0.15) is 18.2 Å². The molecule has 0 radical (unpaired) electrons. The van der Waals surface area contributed by atoms with Crippen LogP contribution in [0.1, 0.15) is 5.82 Å². The number of hydrogen-bond donors (Lipinski definition) is 1. The molecule has 3 rings (SSSR count). The van der Waals surface area contributed by atoms with E-state index >= 15 is 0 Å². The normalized spacial score (nSPS) is 10.9. The number of nitrogens with two attached hydrogens (primary N) is 1. The molecule has 0 saturated heterocycles. The number of nitrogens with zero attached hydrogens (tertiary/aromatic N) is 4. The number of fused-ring (bicyclic) bond motifs is 1. The van der Waals surface area contributed by atoms with Crippen molar-refractivity contribution in [3.63, 3.8) is 0 Å². The van der Waals surface area contributed by atoms with Crippen LogP contribution in [0.4, 0.5) is 5.82 Å². The van der Waals surface area contributed by atoms with E-state index in [0.717, 1.165) is 15.6 Å². The molecule has 102 valence electrons. The lowest BCUT2D eigenvalue weighted by molar-refractivity contribution is 0.296. The second-order valence-electron chi connectivity index (χ2n) is 4.28. The highest BCUT2D eigenvalue weighted by Gasteiger charge is 2.09. The SMILES string of the molecule is Cn1ncc2c(N)nc(COc3cccc(Br)c3)nc21. The summed E-state index contributed by atoms with van der Waals surface area (Å²) in [6.45, 7) is 0.252. The summed E-state index contributed by atoms with van der Waals surface area (Å²) in [7, 11) is 1.81. The van der Waals surface area contributed by atoms with Crippen LogP contribution in [0.2, 0.25) is 0 Å². The maximum Gasteiger partial charge on any atom is 0.170 e. The fourth-order valence-electron chi connectivity index (χ4n) is 1.86. The van der Waals surface area contributed by atoms with E-state index in [1.807, 2.05) is 31.3 Å². The van der Waals surface area contributed by atoms with E-state index in [1.165, 1.54) is 0 Å². The molecular formula is C13H12BrN5O. The predicted octanol–water partition coefficient (Wildman–Crippen LogP) is 2.29. The quantitative estimate of drug-likeness (QED) is 0.795. The second-order valence-corrected chi connectivity index (χ2v) is 5.19. The van der Waals surface area contributed by atoms with Crippen LogP contribution in [0.5, 0.6) is 5.75 Å². The van der Waals surface area contributed by atoms with Crippen molar-refractivity contribution in [2.75, 3.05) is 5.73 Å². The Kier molecular flexibility index (Phi) is 3.27. The highest BCUT2D eigenvalue weighted by Crippen LogP contribution is 2.20. The molecule has 0 saturated carbocycles. The first-order valence-corrected chi connectivity index (χ1v) is 6.75. The molecule has 0 unspecified atom stereocenters. The molecule has 0 fully saturated rings. The molecule has 1 aromatic carbocycles. The Bertz CT molecular complexity index is 771. The number of halogens is 1. The molecule has 0 amide bonds. The van der Waals surface area contributed by atoms with Gasteiger partial charge in [-0.2, -0.15) is 5.10 Å². The van der Waals surface area contributed by atoms with Gasteiger partial charge in [-0.1, -0.05) is 22.0 Å². The lowest BCUT2D eigenvalue weighted by Gasteiger charge is -2.06. The molecule has 0 atom stereocenters. The average molecular weight is 334 g/mol. The first kappa shape index (κ1) is 12.9. The Labute approximate surface area is 123 Å². The van der Waals surface area contributed by atoms with Gasteiger partial charge in [-0.25, -0.2) is 9.97 Å². The summed E-state index contributed by atoms with van der Waals surface area (Å²) in [6, 6.07) is 7.59. The molecule has 0 bridgehead atoms. The standard InChI is InChI=1S/C13H12BrN5O/c1-19-13-10(6-16-19)12(15)17-11(18-13)7-20-9-4-2-3-8(14)5-9/h2-6H,7H2,1H3,(H2,15,17,18). The van der Waals surface area contributed by atoms with E-state index in [2.05, 4.69) is 31.0 Å².